The topological polar surface area (TPSA) is 36.3 Å². The first-order valence-corrected chi connectivity index (χ1v) is 12.9. The van der Waals surface area contributed by atoms with Crippen molar-refractivity contribution in [3.63, 3.8) is 0 Å². The Morgan fingerprint density at radius 1 is 1.35 bits per heavy atom. The van der Waals surface area contributed by atoms with Crippen LogP contribution in [0.4, 0.5) is 0 Å². The summed E-state index contributed by atoms with van der Waals surface area (Å²) in [5, 5.41) is 9.97. The van der Waals surface area contributed by atoms with Gasteiger partial charge in [-0.2, -0.15) is 5.26 Å². The first-order chi connectivity index (χ1) is 12.0. The maximum absolute atomic E-state index is 9.79. The van der Waals surface area contributed by atoms with E-state index in [-0.39, 0.29) is 29.1 Å². The monoisotopic (exact) mass is 434 g/mol. The Morgan fingerprint density at radius 3 is 2.38 bits per heavy atom. The van der Waals surface area contributed by atoms with Gasteiger partial charge in [0.2, 0.25) is 0 Å². The summed E-state index contributed by atoms with van der Waals surface area (Å²) in [5.41, 5.74) is 1.20. The Balaban J connectivity index is 2.28. The van der Waals surface area contributed by atoms with Crippen LogP contribution in [0.1, 0.15) is 39.2 Å². The average molecular weight is 435 g/mol. The van der Waals surface area contributed by atoms with Crippen molar-refractivity contribution in [1.29, 1.82) is 5.26 Å². The number of nitriles is 1. The first kappa shape index (κ1) is 21.4. The summed E-state index contributed by atoms with van der Waals surface area (Å²) in [4.78, 5) is 2.26. The lowest BCUT2D eigenvalue weighted by Crippen LogP contribution is -2.66. The quantitative estimate of drug-likeness (QED) is 0.425. The van der Waals surface area contributed by atoms with Crippen LogP contribution in [-0.4, -0.2) is 37.9 Å². The second-order valence-electron chi connectivity index (χ2n) is 8.71. The van der Waals surface area contributed by atoms with E-state index in [1.165, 1.54) is 5.56 Å². The van der Waals surface area contributed by atoms with Gasteiger partial charge in [-0.25, -0.2) is 0 Å². The van der Waals surface area contributed by atoms with Gasteiger partial charge >= 0.3 is 0 Å². The van der Waals surface area contributed by atoms with Crippen molar-refractivity contribution in [2.24, 2.45) is 0 Å². The van der Waals surface area contributed by atoms with Crippen molar-refractivity contribution < 1.29 is 4.43 Å². The lowest BCUT2D eigenvalue weighted by Gasteiger charge is -2.55. The zero-order chi connectivity index (χ0) is 19.7. The van der Waals surface area contributed by atoms with E-state index in [2.05, 4.69) is 98.5 Å². The van der Waals surface area contributed by atoms with Gasteiger partial charge in [0.05, 0.1) is 12.7 Å². The smallest absolute Gasteiger partial charge is 0.192 e. The highest BCUT2D eigenvalue weighted by Crippen LogP contribution is 2.44. The molecular weight excluding hydrogens is 404 g/mol. The molecule has 1 heterocycles. The molecule has 0 bridgehead atoms. The van der Waals surface area contributed by atoms with Crippen LogP contribution >= 0.6 is 15.9 Å². The fourth-order valence-electron chi connectivity index (χ4n) is 3.30. The van der Waals surface area contributed by atoms with Gasteiger partial charge in [-0.1, -0.05) is 54.9 Å². The number of hydrogen-bond donors (Lipinski definition) is 0. The fraction of sp³-hybridized carbons (Fsp3) is 0.571. The molecule has 2 rings (SSSR count). The maximum atomic E-state index is 9.79. The van der Waals surface area contributed by atoms with Crippen LogP contribution < -0.4 is 0 Å². The van der Waals surface area contributed by atoms with E-state index < -0.39 is 8.32 Å². The highest BCUT2D eigenvalue weighted by Gasteiger charge is 2.51. The summed E-state index contributed by atoms with van der Waals surface area (Å²) in [6.07, 6.45) is 1.92. The van der Waals surface area contributed by atoms with Gasteiger partial charge in [0.15, 0.2) is 8.32 Å². The van der Waals surface area contributed by atoms with Gasteiger partial charge in [0.25, 0.3) is 0 Å². The van der Waals surface area contributed by atoms with Crippen LogP contribution in [0, 0.1) is 11.3 Å². The van der Waals surface area contributed by atoms with E-state index in [0.29, 0.717) is 6.61 Å². The molecule has 1 aliphatic rings. The molecule has 3 nitrogen and oxygen atoms in total. The Morgan fingerprint density at radius 2 is 1.92 bits per heavy atom. The predicted octanol–water partition coefficient (Wildman–Crippen LogP) is 5.71. The standard InChI is InChI=1S/C21H31BrN2OSi/c1-8-15(2)24-18(13-23)20(16-9-11-17(22)12-10-16)19(24)14-25-26(6,7)21(3,4)5/h8-12,15,18-20H,1,14H2,2-7H3/t15?,18-,19+,20+/m0/s1. The molecule has 4 atom stereocenters. The van der Waals surface area contributed by atoms with Crippen LogP contribution in [0.3, 0.4) is 0 Å². The van der Waals surface area contributed by atoms with Gasteiger partial charge in [-0.3, -0.25) is 4.90 Å². The van der Waals surface area contributed by atoms with E-state index in [9.17, 15) is 5.26 Å². The SMILES string of the molecule is C=CC(C)N1[C@H](CO[Si](C)(C)C(C)(C)C)[C@H](c2ccc(Br)cc2)[C@@H]1C#N. The molecule has 26 heavy (non-hydrogen) atoms. The average Bonchev–Trinajstić information content (AvgIpc) is 2.54. The molecule has 1 aromatic rings. The zero-order valence-electron chi connectivity index (χ0n) is 16.8. The maximum Gasteiger partial charge on any atom is 0.192 e. The second-order valence-corrected chi connectivity index (χ2v) is 14.4. The fourth-order valence-corrected chi connectivity index (χ4v) is 4.58. The van der Waals surface area contributed by atoms with Crippen LogP contribution in [-0.2, 0) is 4.43 Å². The molecule has 1 aliphatic heterocycles. The van der Waals surface area contributed by atoms with E-state index >= 15 is 0 Å². The highest BCUT2D eigenvalue weighted by atomic mass is 79.9. The minimum absolute atomic E-state index is 0.141. The minimum Gasteiger partial charge on any atom is -0.415 e. The third-order valence-corrected chi connectivity index (χ3v) is 11.1. The summed E-state index contributed by atoms with van der Waals surface area (Å²) in [7, 11) is -1.84. The molecule has 0 aromatic heterocycles. The molecule has 0 saturated carbocycles. The molecule has 0 aliphatic carbocycles. The van der Waals surface area contributed by atoms with Gasteiger partial charge in [-0.15, -0.1) is 6.58 Å². The number of hydrogen-bond acceptors (Lipinski definition) is 3. The number of nitrogens with zero attached hydrogens (tertiary/aromatic N) is 2. The van der Waals surface area contributed by atoms with Crippen LogP contribution in [0.15, 0.2) is 41.4 Å². The minimum atomic E-state index is -1.84. The summed E-state index contributed by atoms with van der Waals surface area (Å²) in [5.74, 6) is 0.167. The highest BCUT2D eigenvalue weighted by molar-refractivity contribution is 9.10. The third-order valence-electron chi connectivity index (χ3n) is 6.08. The van der Waals surface area contributed by atoms with Crippen molar-refractivity contribution in [3.8, 4) is 6.07 Å². The number of rotatable bonds is 6. The molecule has 0 amide bonds. The molecule has 1 fully saturated rings. The van der Waals surface area contributed by atoms with E-state index in [1.807, 2.05) is 6.08 Å². The Bertz CT molecular complexity index is 675. The Labute approximate surface area is 168 Å². The summed E-state index contributed by atoms with van der Waals surface area (Å²) < 4.78 is 7.59. The van der Waals surface area contributed by atoms with Crippen molar-refractivity contribution in [3.05, 3.63) is 47.0 Å². The normalized spacial score (nSPS) is 25.2. The van der Waals surface area contributed by atoms with Crippen molar-refractivity contribution in [2.45, 2.75) is 69.9 Å². The van der Waals surface area contributed by atoms with Crippen LogP contribution in [0.2, 0.25) is 18.1 Å². The van der Waals surface area contributed by atoms with Crippen molar-refractivity contribution in [2.75, 3.05) is 6.61 Å². The van der Waals surface area contributed by atoms with E-state index in [1.54, 1.807) is 0 Å². The third kappa shape index (κ3) is 4.14. The van der Waals surface area contributed by atoms with Gasteiger partial charge in [-0.05, 0) is 42.8 Å². The largest absolute Gasteiger partial charge is 0.415 e. The first-order valence-electron chi connectivity index (χ1n) is 9.22. The molecule has 1 saturated heterocycles. The molecule has 1 unspecified atom stereocenters. The molecule has 0 spiro atoms. The number of benzene rings is 1. The van der Waals surface area contributed by atoms with Crippen LogP contribution in [0.5, 0.6) is 0 Å². The summed E-state index contributed by atoms with van der Waals surface area (Å²) in [6, 6.07) is 11.1. The van der Waals surface area contributed by atoms with Gasteiger partial charge in [0, 0.05) is 22.5 Å². The summed E-state index contributed by atoms with van der Waals surface area (Å²) >= 11 is 3.50. The van der Waals surface area contributed by atoms with E-state index in [0.717, 1.165) is 4.47 Å². The zero-order valence-corrected chi connectivity index (χ0v) is 19.4. The van der Waals surface area contributed by atoms with Gasteiger partial charge < -0.3 is 4.43 Å². The second kappa shape index (κ2) is 7.98. The molecule has 1 aromatic carbocycles. The number of likely N-dealkylation sites (tertiary alicyclic amines) is 1. The van der Waals surface area contributed by atoms with Gasteiger partial charge in [0.1, 0.15) is 6.04 Å². The molecule has 142 valence electrons. The molecule has 0 N–H and O–H groups in total. The lowest BCUT2D eigenvalue weighted by molar-refractivity contribution is -0.0294. The van der Waals surface area contributed by atoms with E-state index in [4.69, 9.17) is 4.43 Å². The number of halogens is 1. The molecular formula is C21H31BrN2OSi. The summed E-state index contributed by atoms with van der Waals surface area (Å²) in [6.45, 7) is 18.0. The van der Waals surface area contributed by atoms with Crippen molar-refractivity contribution >= 4 is 24.2 Å². The van der Waals surface area contributed by atoms with Crippen LogP contribution in [0.25, 0.3) is 0 Å². The lowest BCUT2D eigenvalue weighted by atomic mass is 9.75. The predicted molar refractivity (Wildman–Crippen MR) is 115 cm³/mol. The Kier molecular flexibility index (Phi) is 6.56. The molecule has 0 radical (unpaired) electrons. The molecule has 5 heteroatoms. The Hall–Kier alpha value is -0.933. The van der Waals surface area contributed by atoms with Crippen molar-refractivity contribution in [1.82, 2.24) is 4.90 Å².